The van der Waals surface area contributed by atoms with Crippen LogP contribution >= 0.6 is 0 Å². The molecule has 4 heteroatoms. The van der Waals surface area contributed by atoms with Crippen molar-refractivity contribution in [2.45, 2.75) is 6.42 Å². The average Bonchev–Trinajstić information content (AvgIpc) is 2.40. The highest BCUT2D eigenvalue weighted by Gasteiger charge is 2.03. The Bertz CT molecular complexity index is 550. The summed E-state index contributed by atoms with van der Waals surface area (Å²) >= 11 is 0. The van der Waals surface area contributed by atoms with Crippen molar-refractivity contribution < 1.29 is 9.53 Å². The van der Waals surface area contributed by atoms with Crippen molar-refractivity contribution in [3.8, 4) is 5.75 Å². The van der Waals surface area contributed by atoms with Gasteiger partial charge in [0.05, 0.1) is 7.11 Å². The summed E-state index contributed by atoms with van der Waals surface area (Å²) in [7, 11) is 1.63. The van der Waals surface area contributed by atoms with Gasteiger partial charge in [-0.15, -0.1) is 0 Å². The molecule has 0 saturated carbocycles. The zero-order valence-corrected chi connectivity index (χ0v) is 10.1. The molecule has 2 rings (SSSR count). The van der Waals surface area contributed by atoms with Gasteiger partial charge in [0.15, 0.2) is 0 Å². The number of amides is 1. The van der Waals surface area contributed by atoms with Gasteiger partial charge in [-0.3, -0.25) is 9.78 Å². The van der Waals surface area contributed by atoms with Gasteiger partial charge in [-0.25, -0.2) is 0 Å². The molecule has 1 aromatic heterocycles. The Morgan fingerprint density at radius 1 is 1.28 bits per heavy atom. The van der Waals surface area contributed by atoms with Crippen LogP contribution in [0.15, 0.2) is 42.6 Å². The van der Waals surface area contributed by atoms with Crippen molar-refractivity contribution in [1.29, 1.82) is 0 Å². The predicted molar refractivity (Wildman–Crippen MR) is 68.6 cm³/mol. The Balaban J connectivity index is 2.17. The molecule has 2 N–H and O–H groups in total. The summed E-state index contributed by atoms with van der Waals surface area (Å²) in [5.41, 5.74) is 7.63. The van der Waals surface area contributed by atoms with Gasteiger partial charge in [0, 0.05) is 23.9 Å². The van der Waals surface area contributed by atoms with Crippen LogP contribution in [0.2, 0.25) is 0 Å². The fraction of sp³-hybridized carbons (Fsp3) is 0.143. The summed E-state index contributed by atoms with van der Waals surface area (Å²) in [6.07, 6.45) is 2.25. The minimum atomic E-state index is -0.437. The van der Waals surface area contributed by atoms with Gasteiger partial charge in [0.25, 0.3) is 0 Å². The normalized spacial score (nSPS) is 10.1. The second-order valence-electron chi connectivity index (χ2n) is 3.92. The maximum Gasteiger partial charge on any atom is 0.248 e. The summed E-state index contributed by atoms with van der Waals surface area (Å²) in [4.78, 5) is 15.3. The molecule has 0 fully saturated rings. The van der Waals surface area contributed by atoms with E-state index in [0.717, 1.165) is 17.0 Å². The van der Waals surface area contributed by atoms with E-state index in [-0.39, 0.29) is 0 Å². The summed E-state index contributed by atoms with van der Waals surface area (Å²) in [5.74, 6) is 0.381. The number of carbonyl (C=O) groups excluding carboxylic acids is 1. The fourth-order valence-corrected chi connectivity index (χ4v) is 1.68. The maximum atomic E-state index is 11.1. The number of ether oxygens (including phenoxy) is 1. The Hall–Kier alpha value is -2.36. The van der Waals surface area contributed by atoms with E-state index in [0.29, 0.717) is 12.0 Å². The largest absolute Gasteiger partial charge is 0.497 e. The highest BCUT2D eigenvalue weighted by atomic mass is 16.5. The summed E-state index contributed by atoms with van der Waals surface area (Å²) in [5, 5.41) is 0. The lowest BCUT2D eigenvalue weighted by molar-refractivity contribution is 0.1000. The van der Waals surface area contributed by atoms with Crippen LogP contribution in [0.1, 0.15) is 21.6 Å². The number of methoxy groups -OCH3 is 1. The Kier molecular flexibility index (Phi) is 3.57. The summed E-state index contributed by atoms with van der Waals surface area (Å²) in [6, 6.07) is 11.1. The van der Waals surface area contributed by atoms with E-state index in [2.05, 4.69) is 4.98 Å². The third-order valence-electron chi connectivity index (χ3n) is 2.65. The molecule has 0 aliphatic carbocycles. The number of rotatable bonds is 4. The number of carbonyl (C=O) groups is 1. The van der Waals surface area contributed by atoms with Gasteiger partial charge in [-0.05, 0) is 29.8 Å². The molecule has 2 aromatic rings. The number of aromatic nitrogens is 1. The third kappa shape index (κ3) is 2.85. The molecule has 0 unspecified atom stereocenters. The first kappa shape index (κ1) is 12.1. The summed E-state index contributed by atoms with van der Waals surface area (Å²) in [6.45, 7) is 0. The number of benzene rings is 1. The lowest BCUT2D eigenvalue weighted by atomic mass is 10.1. The van der Waals surface area contributed by atoms with Crippen molar-refractivity contribution >= 4 is 5.91 Å². The SMILES string of the molecule is COc1ccc(Cc2cc(C(N)=O)ccn2)cc1. The molecule has 0 aliphatic heterocycles. The van der Waals surface area contributed by atoms with Crippen molar-refractivity contribution in [2.75, 3.05) is 7.11 Å². The van der Waals surface area contributed by atoms with E-state index in [1.807, 2.05) is 24.3 Å². The van der Waals surface area contributed by atoms with Crippen molar-refractivity contribution in [3.63, 3.8) is 0 Å². The van der Waals surface area contributed by atoms with Gasteiger partial charge in [-0.2, -0.15) is 0 Å². The second-order valence-corrected chi connectivity index (χ2v) is 3.92. The van der Waals surface area contributed by atoms with E-state index in [1.54, 1.807) is 25.4 Å². The van der Waals surface area contributed by atoms with Gasteiger partial charge < -0.3 is 10.5 Å². The molecule has 1 amide bonds. The number of nitrogens with zero attached hydrogens (tertiary/aromatic N) is 1. The number of primary amides is 1. The molecule has 0 atom stereocenters. The quantitative estimate of drug-likeness (QED) is 0.888. The minimum absolute atomic E-state index is 0.437. The lowest BCUT2D eigenvalue weighted by Gasteiger charge is -2.04. The molecule has 0 aliphatic rings. The second kappa shape index (κ2) is 5.31. The first-order valence-corrected chi connectivity index (χ1v) is 5.56. The van der Waals surface area contributed by atoms with E-state index in [9.17, 15) is 4.79 Å². The Labute approximate surface area is 105 Å². The van der Waals surface area contributed by atoms with Crippen LogP contribution in [-0.4, -0.2) is 18.0 Å². The molecule has 0 bridgehead atoms. The first-order chi connectivity index (χ1) is 8.69. The molecule has 18 heavy (non-hydrogen) atoms. The number of hydrogen-bond donors (Lipinski definition) is 1. The molecule has 92 valence electrons. The highest BCUT2D eigenvalue weighted by molar-refractivity contribution is 5.92. The summed E-state index contributed by atoms with van der Waals surface area (Å²) < 4.78 is 5.09. The molecule has 0 spiro atoms. The van der Waals surface area contributed by atoms with Gasteiger partial charge in [0.1, 0.15) is 5.75 Å². The van der Waals surface area contributed by atoms with Crippen LogP contribution in [0.5, 0.6) is 5.75 Å². The van der Waals surface area contributed by atoms with Gasteiger partial charge >= 0.3 is 0 Å². The molecule has 0 radical (unpaired) electrons. The Morgan fingerprint density at radius 3 is 2.61 bits per heavy atom. The van der Waals surface area contributed by atoms with Crippen molar-refractivity contribution in [1.82, 2.24) is 4.98 Å². The third-order valence-corrected chi connectivity index (χ3v) is 2.65. The van der Waals surface area contributed by atoms with Crippen LogP contribution < -0.4 is 10.5 Å². The highest BCUT2D eigenvalue weighted by Crippen LogP contribution is 2.14. The number of pyridine rings is 1. The van der Waals surface area contributed by atoms with Crippen LogP contribution in [0.4, 0.5) is 0 Å². The Morgan fingerprint density at radius 2 is 2.00 bits per heavy atom. The van der Waals surface area contributed by atoms with E-state index >= 15 is 0 Å². The topological polar surface area (TPSA) is 65.2 Å². The van der Waals surface area contributed by atoms with E-state index < -0.39 is 5.91 Å². The number of hydrogen-bond acceptors (Lipinski definition) is 3. The van der Waals surface area contributed by atoms with E-state index in [1.165, 1.54) is 0 Å². The van der Waals surface area contributed by atoms with E-state index in [4.69, 9.17) is 10.5 Å². The molecule has 4 nitrogen and oxygen atoms in total. The first-order valence-electron chi connectivity index (χ1n) is 5.56. The van der Waals surface area contributed by atoms with Crippen LogP contribution in [0.3, 0.4) is 0 Å². The van der Waals surface area contributed by atoms with Crippen LogP contribution in [0, 0.1) is 0 Å². The van der Waals surface area contributed by atoms with Gasteiger partial charge in [-0.1, -0.05) is 12.1 Å². The van der Waals surface area contributed by atoms with Crippen molar-refractivity contribution in [2.24, 2.45) is 5.73 Å². The fourth-order valence-electron chi connectivity index (χ4n) is 1.68. The standard InChI is InChI=1S/C14H14N2O2/c1-18-13-4-2-10(3-5-13)8-12-9-11(14(15)17)6-7-16-12/h2-7,9H,8H2,1H3,(H2,15,17). The molecule has 1 aromatic carbocycles. The predicted octanol–water partition coefficient (Wildman–Crippen LogP) is 1.78. The monoisotopic (exact) mass is 242 g/mol. The molecule has 0 saturated heterocycles. The smallest absolute Gasteiger partial charge is 0.248 e. The van der Waals surface area contributed by atoms with Crippen molar-refractivity contribution in [3.05, 3.63) is 59.4 Å². The molecular weight excluding hydrogens is 228 g/mol. The van der Waals surface area contributed by atoms with Gasteiger partial charge in [0.2, 0.25) is 5.91 Å². The molecular formula is C14H14N2O2. The zero-order valence-electron chi connectivity index (χ0n) is 10.1. The van der Waals surface area contributed by atoms with Crippen LogP contribution in [-0.2, 0) is 6.42 Å². The van der Waals surface area contributed by atoms with Crippen LogP contribution in [0.25, 0.3) is 0 Å². The average molecular weight is 242 g/mol. The maximum absolute atomic E-state index is 11.1. The molecule has 1 heterocycles. The minimum Gasteiger partial charge on any atom is -0.497 e. The number of nitrogens with two attached hydrogens (primary N) is 1. The zero-order chi connectivity index (χ0) is 13.0. The lowest BCUT2D eigenvalue weighted by Crippen LogP contribution is -2.11.